The monoisotopic (exact) mass is 888 g/mol. The zero-order valence-electron chi connectivity index (χ0n) is 31.5. The van der Waals surface area contributed by atoms with Gasteiger partial charge in [-0.05, 0) is 17.7 Å². The van der Waals surface area contributed by atoms with Gasteiger partial charge in [-0.1, -0.05) is 6.07 Å². The molecule has 0 aliphatic rings. The van der Waals surface area contributed by atoms with E-state index in [2.05, 4.69) is 0 Å². The molecule has 0 aliphatic heterocycles. The summed E-state index contributed by atoms with van der Waals surface area (Å²) < 4.78 is 0. The maximum absolute atomic E-state index is 13.3. The number of aromatic hydroxyl groups is 2. The second-order valence-corrected chi connectivity index (χ2v) is 12.8. The number of rotatable bonds is 27. The fourth-order valence-electron chi connectivity index (χ4n) is 4.94. The summed E-state index contributed by atoms with van der Waals surface area (Å²) in [5.74, 6) is -23.6. The first kappa shape index (κ1) is 51.9. The Morgan fingerprint density at radius 2 is 0.645 bits per heavy atom. The van der Waals surface area contributed by atoms with E-state index in [4.69, 9.17) is 5.11 Å². The molecule has 0 aliphatic carbocycles. The molecule has 0 heterocycles. The number of phenols is 2. The summed E-state index contributed by atoms with van der Waals surface area (Å²) in [4.78, 5) is 158. The molecule has 7 unspecified atom stereocenters. The van der Waals surface area contributed by atoms with Crippen LogP contribution in [0.3, 0.4) is 0 Å². The molecule has 0 aromatic heterocycles. The lowest BCUT2D eigenvalue weighted by Gasteiger charge is -2.26. The molecule has 16 N–H and O–H groups in total. The van der Waals surface area contributed by atoms with Crippen LogP contribution in [-0.2, 0) is 68.7 Å². The SMILES string of the molecule is O=C(O)CC(NC(=O)C(CC(=O)O)NC(=O)C(CC(=O)O)NC(=O)C(CC(=O)O)NC(=O)C(CC(=O)O)NC(=O)C(CC(=O)O)NC(=O)C(O)Cc1ccc(O)c(O)c1)C(=O)O. The maximum Gasteiger partial charge on any atom is 0.326 e. The predicted octanol–water partition coefficient (Wildman–Crippen LogP) is -6.16. The summed E-state index contributed by atoms with van der Waals surface area (Å²) >= 11 is 0. The molecule has 7 atom stereocenters. The second kappa shape index (κ2) is 24.1. The molecule has 29 nitrogen and oxygen atoms in total. The van der Waals surface area contributed by atoms with Crippen LogP contribution in [0.5, 0.6) is 11.5 Å². The number of hydrogen-bond donors (Lipinski definition) is 16. The van der Waals surface area contributed by atoms with Crippen molar-refractivity contribution in [2.75, 3.05) is 0 Å². The number of aliphatic hydroxyl groups is 1. The second-order valence-electron chi connectivity index (χ2n) is 12.8. The van der Waals surface area contributed by atoms with Gasteiger partial charge in [0, 0.05) is 6.42 Å². The summed E-state index contributed by atoms with van der Waals surface area (Å²) in [6.45, 7) is 0. The minimum atomic E-state index is -2.37. The Hall–Kier alpha value is -8.11. The first-order chi connectivity index (χ1) is 28.7. The van der Waals surface area contributed by atoms with Crippen molar-refractivity contribution in [1.82, 2.24) is 31.9 Å². The highest BCUT2D eigenvalue weighted by Gasteiger charge is 2.37. The summed E-state index contributed by atoms with van der Waals surface area (Å²) in [6, 6.07) is -10.4. The number of hydrogen-bond acceptors (Lipinski definition) is 16. The number of carboxylic acids is 7. The topological polar surface area (TPSA) is 496 Å². The highest BCUT2D eigenvalue weighted by atomic mass is 16.4. The van der Waals surface area contributed by atoms with Gasteiger partial charge in [0.05, 0.1) is 38.5 Å². The van der Waals surface area contributed by atoms with Crippen LogP contribution in [0, 0.1) is 0 Å². The number of aliphatic hydroxyl groups excluding tert-OH is 1. The molecular weight excluding hydrogens is 848 g/mol. The number of nitrogens with one attached hydrogen (secondary N) is 6. The normalized spacial score (nSPS) is 14.0. The van der Waals surface area contributed by atoms with Crippen LogP contribution in [0.2, 0.25) is 0 Å². The maximum atomic E-state index is 13.3. The minimum Gasteiger partial charge on any atom is -0.504 e. The number of benzene rings is 1. The van der Waals surface area contributed by atoms with Crippen LogP contribution in [0.4, 0.5) is 0 Å². The largest absolute Gasteiger partial charge is 0.504 e. The Morgan fingerprint density at radius 1 is 0.387 bits per heavy atom. The summed E-state index contributed by atoms with van der Waals surface area (Å²) in [5.41, 5.74) is 0.0747. The average Bonchev–Trinajstić information content (AvgIpc) is 3.13. The van der Waals surface area contributed by atoms with Crippen molar-refractivity contribution < 1.29 is 113 Å². The van der Waals surface area contributed by atoms with Crippen molar-refractivity contribution in [2.24, 2.45) is 0 Å². The third-order valence-corrected chi connectivity index (χ3v) is 7.82. The van der Waals surface area contributed by atoms with Gasteiger partial charge >= 0.3 is 41.8 Å². The fourth-order valence-corrected chi connectivity index (χ4v) is 4.94. The number of carbonyl (C=O) groups is 13. The molecule has 1 aromatic carbocycles. The Kier molecular flexibility index (Phi) is 20.2. The Bertz CT molecular complexity index is 1950. The van der Waals surface area contributed by atoms with Crippen molar-refractivity contribution >= 4 is 77.2 Å². The lowest BCUT2D eigenvalue weighted by Crippen LogP contribution is -2.60. The summed E-state index contributed by atoms with van der Waals surface area (Å²) in [7, 11) is 0. The third kappa shape index (κ3) is 18.6. The van der Waals surface area contributed by atoms with E-state index in [9.17, 15) is 108 Å². The first-order valence-electron chi connectivity index (χ1n) is 17.2. The molecule has 29 heteroatoms. The summed E-state index contributed by atoms with van der Waals surface area (Å²) in [6.07, 6.45) is -10.6. The third-order valence-electron chi connectivity index (χ3n) is 7.82. The first-order valence-corrected chi connectivity index (χ1v) is 17.2. The molecule has 340 valence electrons. The lowest BCUT2D eigenvalue weighted by atomic mass is 10.1. The predicted molar refractivity (Wildman–Crippen MR) is 192 cm³/mol. The number of carboxylic acid groups (broad SMARTS) is 7. The van der Waals surface area contributed by atoms with Gasteiger partial charge in [0.2, 0.25) is 35.4 Å². The molecule has 0 fully saturated rings. The lowest BCUT2D eigenvalue weighted by molar-refractivity contribution is -0.148. The van der Waals surface area contributed by atoms with Gasteiger partial charge in [0.25, 0.3) is 0 Å². The van der Waals surface area contributed by atoms with Gasteiger partial charge in [0.1, 0.15) is 42.4 Å². The summed E-state index contributed by atoms with van der Waals surface area (Å²) in [5, 5.41) is 105. The van der Waals surface area contributed by atoms with Crippen molar-refractivity contribution in [3.63, 3.8) is 0 Å². The highest BCUT2D eigenvalue weighted by molar-refractivity contribution is 6.00. The van der Waals surface area contributed by atoms with Gasteiger partial charge in [0.15, 0.2) is 11.5 Å². The van der Waals surface area contributed by atoms with Crippen LogP contribution in [0.15, 0.2) is 18.2 Å². The van der Waals surface area contributed by atoms with Crippen LogP contribution in [-0.4, -0.2) is 171 Å². The van der Waals surface area contributed by atoms with Gasteiger partial charge in [-0.2, -0.15) is 0 Å². The quantitative estimate of drug-likeness (QED) is 0.0365. The molecule has 1 aromatic rings. The molecule has 0 radical (unpaired) electrons. The number of carbonyl (C=O) groups excluding carboxylic acids is 6. The molecule has 62 heavy (non-hydrogen) atoms. The van der Waals surface area contributed by atoms with Crippen molar-refractivity contribution in [3.8, 4) is 11.5 Å². The molecule has 0 saturated heterocycles. The van der Waals surface area contributed by atoms with E-state index >= 15 is 0 Å². The van der Waals surface area contributed by atoms with Gasteiger partial charge in [-0.3, -0.25) is 57.5 Å². The smallest absolute Gasteiger partial charge is 0.326 e. The van der Waals surface area contributed by atoms with Crippen molar-refractivity contribution in [3.05, 3.63) is 23.8 Å². The van der Waals surface area contributed by atoms with E-state index < -0.39 is 176 Å². The molecule has 1 rings (SSSR count). The molecule has 0 bridgehead atoms. The molecule has 0 saturated carbocycles. The van der Waals surface area contributed by atoms with E-state index in [0.29, 0.717) is 0 Å². The van der Waals surface area contributed by atoms with E-state index in [0.717, 1.165) is 12.1 Å². The zero-order valence-corrected chi connectivity index (χ0v) is 31.5. The van der Waals surface area contributed by atoms with Gasteiger partial charge in [-0.25, -0.2) is 4.79 Å². The van der Waals surface area contributed by atoms with E-state index in [-0.39, 0.29) is 5.56 Å². The van der Waals surface area contributed by atoms with Crippen LogP contribution in [0.1, 0.15) is 44.1 Å². The Labute approximate surface area is 345 Å². The van der Waals surface area contributed by atoms with E-state index in [1.807, 2.05) is 5.32 Å². The van der Waals surface area contributed by atoms with Crippen molar-refractivity contribution in [1.29, 1.82) is 0 Å². The van der Waals surface area contributed by atoms with Crippen molar-refractivity contribution in [2.45, 2.75) is 87.3 Å². The average molecular weight is 889 g/mol. The number of amides is 6. The fraction of sp³-hybridized carbons (Fsp3) is 0.424. The standard InChI is InChI=1S/C33H40N6O23/c40-18-2-1-11(3-19(18)41)4-20(42)32(60)38-16(9-25(51)52)30(58)36-14(7-23(47)48)28(56)34-12(5-21(43)44)27(55)35-13(6-22(45)46)29(57)37-15(8-24(49)50)31(59)39-17(33(61)62)10-26(53)54/h1-3,12-17,20,40-42H,4-10H2,(H,34,56)(H,35,55)(H,36,58)(H,37,57)(H,38,60)(H,39,59)(H,43,44)(H,45,46)(H,47,48)(H,49,50)(H,51,52)(H,53,54)(H,61,62). The minimum absolute atomic E-state index is 0.0747. The highest BCUT2D eigenvalue weighted by Crippen LogP contribution is 2.25. The zero-order chi connectivity index (χ0) is 47.6. The van der Waals surface area contributed by atoms with Gasteiger partial charge in [-0.15, -0.1) is 0 Å². The van der Waals surface area contributed by atoms with Crippen LogP contribution < -0.4 is 31.9 Å². The Balaban J connectivity index is 3.34. The van der Waals surface area contributed by atoms with E-state index in [1.54, 1.807) is 26.6 Å². The number of aliphatic carboxylic acids is 7. The van der Waals surface area contributed by atoms with Crippen LogP contribution >= 0.6 is 0 Å². The Morgan fingerprint density at radius 3 is 0.903 bits per heavy atom. The molecular formula is C33H40N6O23. The molecule has 0 spiro atoms. The van der Waals surface area contributed by atoms with Gasteiger partial charge < -0.3 is 83.0 Å². The van der Waals surface area contributed by atoms with Crippen LogP contribution in [0.25, 0.3) is 0 Å². The molecule has 6 amide bonds. The van der Waals surface area contributed by atoms with E-state index in [1.165, 1.54) is 6.07 Å². The number of phenolic OH excluding ortho intramolecular Hbond substituents is 2.